The number of rotatable bonds is 13. The summed E-state index contributed by atoms with van der Waals surface area (Å²) in [6.07, 6.45) is 3.40. The number of nitrogens with two attached hydrogens (primary N) is 2. The second-order valence-electron chi connectivity index (χ2n) is 7.49. The Morgan fingerprint density at radius 3 is 2.47 bits per heavy atom. The van der Waals surface area contributed by atoms with Crippen LogP contribution in [0.1, 0.15) is 51.9 Å². The van der Waals surface area contributed by atoms with Gasteiger partial charge in [-0.1, -0.05) is 0 Å². The van der Waals surface area contributed by atoms with Crippen LogP contribution in [0.25, 0.3) is 0 Å². The predicted molar refractivity (Wildman–Crippen MR) is 108 cm³/mol. The predicted octanol–water partition coefficient (Wildman–Crippen LogP) is -1.51. The number of aldehydes is 1. The fourth-order valence-electron chi connectivity index (χ4n) is 3.25. The summed E-state index contributed by atoms with van der Waals surface area (Å²) < 4.78 is 0. The number of aliphatic carboxylic acids is 1. The summed E-state index contributed by atoms with van der Waals surface area (Å²) in [5.74, 6) is -2.61. The second kappa shape index (κ2) is 12.9. The van der Waals surface area contributed by atoms with Crippen molar-refractivity contribution >= 4 is 30.0 Å². The van der Waals surface area contributed by atoms with Crippen LogP contribution in [0.5, 0.6) is 0 Å². The molecule has 0 aromatic heterocycles. The van der Waals surface area contributed by atoms with Gasteiger partial charge in [0.1, 0.15) is 18.4 Å². The van der Waals surface area contributed by atoms with E-state index in [0.29, 0.717) is 38.8 Å². The standard InChI is InChI=1S/C19H33N5O6/c1-12(22-18(29)14(21)7-8-16(26)27)17(28)23-15(6-2-3-9-20)19(30)24-10-4-5-13(24)11-25/h11-15H,2-10,20-21H2,1H3,(H,22,29)(H,23,28)(H,26,27)/t12-,13-,14-,15-/m0/s1. The molecule has 0 aromatic rings. The molecule has 0 spiro atoms. The molecule has 1 fully saturated rings. The van der Waals surface area contributed by atoms with Gasteiger partial charge in [-0.05, 0) is 52.0 Å². The third kappa shape index (κ3) is 8.07. The normalized spacial score (nSPS) is 18.9. The van der Waals surface area contributed by atoms with Gasteiger partial charge in [0, 0.05) is 13.0 Å². The van der Waals surface area contributed by atoms with Crippen LogP contribution in [0.15, 0.2) is 0 Å². The van der Waals surface area contributed by atoms with Gasteiger partial charge in [-0.2, -0.15) is 0 Å². The molecule has 30 heavy (non-hydrogen) atoms. The maximum atomic E-state index is 12.9. The van der Waals surface area contributed by atoms with Gasteiger partial charge < -0.3 is 36.9 Å². The van der Waals surface area contributed by atoms with Gasteiger partial charge in [0.2, 0.25) is 17.7 Å². The number of hydrogen-bond donors (Lipinski definition) is 5. The lowest BCUT2D eigenvalue weighted by Gasteiger charge is -2.28. The van der Waals surface area contributed by atoms with E-state index in [2.05, 4.69) is 10.6 Å². The zero-order valence-electron chi connectivity index (χ0n) is 17.3. The molecule has 4 atom stereocenters. The zero-order valence-corrected chi connectivity index (χ0v) is 17.3. The highest BCUT2D eigenvalue weighted by Gasteiger charge is 2.34. The molecule has 1 aliphatic rings. The Morgan fingerprint density at radius 1 is 1.17 bits per heavy atom. The molecule has 0 aromatic carbocycles. The molecule has 0 unspecified atom stereocenters. The summed E-state index contributed by atoms with van der Waals surface area (Å²) in [5.41, 5.74) is 11.2. The van der Waals surface area contributed by atoms with Crippen LogP contribution in [-0.4, -0.2) is 77.2 Å². The fraction of sp³-hybridized carbons (Fsp3) is 0.737. The minimum atomic E-state index is -1.07. The van der Waals surface area contributed by atoms with E-state index in [0.717, 1.165) is 12.7 Å². The summed E-state index contributed by atoms with van der Waals surface area (Å²) in [5, 5.41) is 13.8. The first-order valence-corrected chi connectivity index (χ1v) is 10.2. The Bertz CT molecular complexity index is 629. The quantitative estimate of drug-likeness (QED) is 0.173. The van der Waals surface area contributed by atoms with E-state index in [1.54, 1.807) is 0 Å². The molecule has 1 heterocycles. The highest BCUT2D eigenvalue weighted by molar-refractivity contribution is 5.93. The molecular formula is C19H33N5O6. The molecule has 170 valence electrons. The lowest BCUT2D eigenvalue weighted by Crippen LogP contribution is -2.55. The molecular weight excluding hydrogens is 394 g/mol. The van der Waals surface area contributed by atoms with E-state index in [1.165, 1.54) is 11.8 Å². The molecule has 3 amide bonds. The van der Waals surface area contributed by atoms with Crippen molar-refractivity contribution < 1.29 is 29.1 Å². The summed E-state index contributed by atoms with van der Waals surface area (Å²) >= 11 is 0. The van der Waals surface area contributed by atoms with Gasteiger partial charge in [0.15, 0.2) is 0 Å². The summed E-state index contributed by atoms with van der Waals surface area (Å²) in [6.45, 7) is 2.36. The lowest BCUT2D eigenvalue weighted by atomic mass is 10.1. The first-order valence-electron chi connectivity index (χ1n) is 10.2. The van der Waals surface area contributed by atoms with Crippen molar-refractivity contribution in [2.24, 2.45) is 11.5 Å². The minimum absolute atomic E-state index is 0.0578. The number of nitrogens with one attached hydrogen (secondary N) is 2. The minimum Gasteiger partial charge on any atom is -0.481 e. The highest BCUT2D eigenvalue weighted by Crippen LogP contribution is 2.18. The van der Waals surface area contributed by atoms with Gasteiger partial charge in [-0.15, -0.1) is 0 Å². The number of hydrogen-bond acceptors (Lipinski definition) is 7. The molecule has 0 bridgehead atoms. The molecule has 1 rings (SSSR count). The van der Waals surface area contributed by atoms with Crippen molar-refractivity contribution in [1.82, 2.24) is 15.5 Å². The maximum absolute atomic E-state index is 12.9. The van der Waals surface area contributed by atoms with Gasteiger partial charge >= 0.3 is 5.97 Å². The van der Waals surface area contributed by atoms with Gasteiger partial charge in [-0.25, -0.2) is 0 Å². The highest BCUT2D eigenvalue weighted by atomic mass is 16.4. The van der Waals surface area contributed by atoms with Gasteiger partial charge in [0.25, 0.3) is 0 Å². The topological polar surface area (TPSA) is 185 Å². The molecule has 0 aliphatic carbocycles. The average molecular weight is 428 g/mol. The van der Waals surface area contributed by atoms with Gasteiger partial charge in [-0.3, -0.25) is 19.2 Å². The number of carboxylic acids is 1. The average Bonchev–Trinajstić information content (AvgIpc) is 3.19. The van der Waals surface area contributed by atoms with Crippen LogP contribution >= 0.6 is 0 Å². The number of carbonyl (C=O) groups is 5. The van der Waals surface area contributed by atoms with Crippen molar-refractivity contribution in [3.05, 3.63) is 0 Å². The van der Waals surface area contributed by atoms with Gasteiger partial charge in [0.05, 0.1) is 12.1 Å². The molecule has 0 saturated carbocycles. The summed E-state index contributed by atoms with van der Waals surface area (Å²) in [6, 6.07) is -3.35. The number of likely N-dealkylation sites (tertiary alicyclic amines) is 1. The molecule has 1 aliphatic heterocycles. The first kappa shape index (κ1) is 25.5. The first-order chi connectivity index (χ1) is 14.2. The third-order valence-corrected chi connectivity index (χ3v) is 5.06. The number of carboxylic acid groups (broad SMARTS) is 1. The van der Waals surface area contributed by atoms with Crippen molar-refractivity contribution in [2.75, 3.05) is 13.1 Å². The van der Waals surface area contributed by atoms with E-state index in [4.69, 9.17) is 16.6 Å². The lowest BCUT2D eigenvalue weighted by molar-refractivity contribution is -0.139. The molecule has 1 saturated heterocycles. The Hall–Kier alpha value is -2.53. The Morgan fingerprint density at radius 2 is 1.87 bits per heavy atom. The maximum Gasteiger partial charge on any atom is 0.303 e. The SMILES string of the molecule is C[C@H](NC(=O)[C@@H](N)CCC(=O)O)C(=O)N[C@@H](CCCCN)C(=O)N1CCC[C@H]1C=O. The summed E-state index contributed by atoms with van der Waals surface area (Å²) in [7, 11) is 0. The van der Waals surface area contributed by atoms with Crippen LogP contribution in [0.4, 0.5) is 0 Å². The van der Waals surface area contributed by atoms with E-state index in [-0.39, 0.29) is 18.7 Å². The van der Waals surface area contributed by atoms with E-state index < -0.39 is 42.0 Å². The van der Waals surface area contributed by atoms with Crippen LogP contribution in [0.3, 0.4) is 0 Å². The van der Waals surface area contributed by atoms with Crippen LogP contribution in [-0.2, 0) is 24.0 Å². The van der Waals surface area contributed by atoms with E-state index >= 15 is 0 Å². The Labute approximate surface area is 175 Å². The monoisotopic (exact) mass is 427 g/mol. The van der Waals surface area contributed by atoms with Crippen LogP contribution < -0.4 is 22.1 Å². The molecule has 11 nitrogen and oxygen atoms in total. The molecule has 0 radical (unpaired) electrons. The van der Waals surface area contributed by atoms with Crippen LogP contribution in [0, 0.1) is 0 Å². The Kier molecular flexibility index (Phi) is 11.0. The van der Waals surface area contributed by atoms with Crippen molar-refractivity contribution in [3.8, 4) is 0 Å². The fourth-order valence-corrected chi connectivity index (χ4v) is 3.25. The Balaban J connectivity index is 2.71. The van der Waals surface area contributed by atoms with E-state index in [1.807, 2.05) is 0 Å². The zero-order chi connectivity index (χ0) is 22.7. The second-order valence-corrected chi connectivity index (χ2v) is 7.49. The number of carbonyl (C=O) groups excluding carboxylic acids is 4. The number of nitrogens with zero attached hydrogens (tertiary/aromatic N) is 1. The van der Waals surface area contributed by atoms with Crippen molar-refractivity contribution in [2.45, 2.75) is 76.0 Å². The van der Waals surface area contributed by atoms with Crippen molar-refractivity contribution in [1.29, 1.82) is 0 Å². The number of unbranched alkanes of at least 4 members (excludes halogenated alkanes) is 1. The third-order valence-electron chi connectivity index (χ3n) is 5.06. The smallest absolute Gasteiger partial charge is 0.303 e. The number of amides is 3. The molecule has 7 N–H and O–H groups in total. The molecule has 11 heteroatoms. The summed E-state index contributed by atoms with van der Waals surface area (Å²) in [4.78, 5) is 60.8. The van der Waals surface area contributed by atoms with E-state index in [9.17, 15) is 24.0 Å². The van der Waals surface area contributed by atoms with Crippen molar-refractivity contribution in [3.63, 3.8) is 0 Å². The van der Waals surface area contributed by atoms with Crippen LogP contribution in [0.2, 0.25) is 0 Å². The largest absolute Gasteiger partial charge is 0.481 e.